The highest BCUT2D eigenvalue weighted by Gasteiger charge is 2.22. The lowest BCUT2D eigenvalue weighted by atomic mass is 10.3. The van der Waals surface area contributed by atoms with Crippen molar-refractivity contribution in [3.63, 3.8) is 0 Å². The molecule has 0 amide bonds. The fraction of sp³-hybridized carbons (Fsp3) is 0.462. The molecule has 2 heterocycles. The van der Waals surface area contributed by atoms with Crippen LogP contribution in [0.3, 0.4) is 0 Å². The first-order chi connectivity index (χ1) is 9.78. The number of nitrogens with zero attached hydrogens (tertiary/aromatic N) is 1. The van der Waals surface area contributed by atoms with Gasteiger partial charge in [-0.3, -0.25) is 4.72 Å². The molecule has 6 nitrogen and oxygen atoms in total. The monoisotopic (exact) mass is 329 g/mol. The van der Waals surface area contributed by atoms with Crippen molar-refractivity contribution in [2.45, 2.75) is 45.2 Å². The van der Waals surface area contributed by atoms with Crippen LogP contribution in [0.15, 0.2) is 21.6 Å². The highest BCUT2D eigenvalue weighted by atomic mass is 32.2. The minimum Gasteiger partial charge on any atom is -0.464 e. The lowest BCUT2D eigenvalue weighted by molar-refractivity contribution is 0.444. The molecule has 0 atom stereocenters. The van der Waals surface area contributed by atoms with Gasteiger partial charge in [-0.25, -0.2) is 13.4 Å². The molecule has 0 bridgehead atoms. The quantitative estimate of drug-likeness (QED) is 0.851. The molecule has 116 valence electrons. The van der Waals surface area contributed by atoms with Crippen LogP contribution in [-0.2, 0) is 16.6 Å². The topological polar surface area (TPSA) is 84.2 Å². The van der Waals surface area contributed by atoms with Crippen LogP contribution in [-0.4, -0.2) is 19.4 Å². The van der Waals surface area contributed by atoms with Gasteiger partial charge in [0.15, 0.2) is 5.13 Å². The normalized spacial score (nSPS) is 12.0. The number of thiazole rings is 1. The number of sulfonamides is 1. The third kappa shape index (κ3) is 4.05. The van der Waals surface area contributed by atoms with E-state index in [4.69, 9.17) is 4.42 Å². The highest BCUT2D eigenvalue weighted by molar-refractivity contribution is 7.93. The Bertz CT molecular complexity index is 717. The van der Waals surface area contributed by atoms with Crippen molar-refractivity contribution in [2.75, 3.05) is 4.72 Å². The van der Waals surface area contributed by atoms with Gasteiger partial charge in [0.25, 0.3) is 10.0 Å². The SMILES string of the molecule is Cc1cnc(NS(=O)(=O)c2cc(CNC(C)C)oc2C)s1. The summed E-state index contributed by atoms with van der Waals surface area (Å²) >= 11 is 1.29. The van der Waals surface area contributed by atoms with Crippen LogP contribution >= 0.6 is 11.3 Å². The van der Waals surface area contributed by atoms with E-state index in [9.17, 15) is 8.42 Å². The van der Waals surface area contributed by atoms with Gasteiger partial charge in [0.05, 0.1) is 6.54 Å². The van der Waals surface area contributed by atoms with E-state index in [1.807, 2.05) is 20.8 Å². The number of nitrogens with one attached hydrogen (secondary N) is 2. The second-order valence-corrected chi connectivity index (χ2v) is 7.94. The van der Waals surface area contributed by atoms with Crippen molar-refractivity contribution >= 4 is 26.5 Å². The molecule has 2 aromatic heterocycles. The Morgan fingerprint density at radius 2 is 2.10 bits per heavy atom. The molecule has 2 aromatic rings. The Balaban J connectivity index is 2.19. The summed E-state index contributed by atoms with van der Waals surface area (Å²) in [4.78, 5) is 5.10. The third-order valence-corrected chi connectivity index (χ3v) is 5.14. The van der Waals surface area contributed by atoms with Crippen molar-refractivity contribution in [1.29, 1.82) is 0 Å². The molecule has 8 heteroatoms. The number of aromatic nitrogens is 1. The summed E-state index contributed by atoms with van der Waals surface area (Å²) in [5.74, 6) is 0.966. The van der Waals surface area contributed by atoms with Crippen LogP contribution in [0.4, 0.5) is 5.13 Å². The Hall–Kier alpha value is -1.38. The minimum atomic E-state index is -3.67. The maximum absolute atomic E-state index is 12.4. The molecule has 0 saturated heterocycles. The van der Waals surface area contributed by atoms with E-state index in [0.29, 0.717) is 29.2 Å². The summed E-state index contributed by atoms with van der Waals surface area (Å²) in [6, 6.07) is 1.85. The Labute approximate surface area is 128 Å². The van der Waals surface area contributed by atoms with E-state index in [1.165, 1.54) is 11.3 Å². The molecule has 0 aliphatic rings. The maximum Gasteiger partial charge on any atom is 0.267 e. The average molecular weight is 329 g/mol. The fourth-order valence-corrected chi connectivity index (χ4v) is 3.87. The molecule has 0 fully saturated rings. The largest absolute Gasteiger partial charge is 0.464 e. The molecular formula is C13H19N3O3S2. The zero-order valence-electron chi connectivity index (χ0n) is 12.4. The van der Waals surface area contributed by atoms with E-state index in [0.717, 1.165) is 4.88 Å². The van der Waals surface area contributed by atoms with E-state index in [1.54, 1.807) is 19.2 Å². The first kappa shape index (κ1) is 16.0. The predicted molar refractivity (Wildman–Crippen MR) is 83.1 cm³/mol. The molecule has 0 aliphatic carbocycles. The molecule has 0 spiro atoms. The van der Waals surface area contributed by atoms with Crippen LogP contribution in [0, 0.1) is 13.8 Å². The number of furan rings is 1. The van der Waals surface area contributed by atoms with Crippen molar-refractivity contribution in [3.8, 4) is 0 Å². The summed E-state index contributed by atoms with van der Waals surface area (Å²) in [7, 11) is -3.67. The van der Waals surface area contributed by atoms with Crippen LogP contribution in [0.5, 0.6) is 0 Å². The lowest BCUT2D eigenvalue weighted by Gasteiger charge is -2.04. The molecule has 0 aromatic carbocycles. The van der Waals surface area contributed by atoms with Gasteiger partial charge in [-0.05, 0) is 13.8 Å². The van der Waals surface area contributed by atoms with E-state index >= 15 is 0 Å². The van der Waals surface area contributed by atoms with E-state index in [2.05, 4.69) is 15.0 Å². The molecule has 0 unspecified atom stereocenters. The maximum atomic E-state index is 12.4. The van der Waals surface area contributed by atoms with Gasteiger partial charge < -0.3 is 9.73 Å². The van der Waals surface area contributed by atoms with E-state index < -0.39 is 10.0 Å². The van der Waals surface area contributed by atoms with Crippen LogP contribution < -0.4 is 10.0 Å². The second-order valence-electron chi connectivity index (χ2n) is 5.05. The van der Waals surface area contributed by atoms with Crippen LogP contribution in [0.25, 0.3) is 0 Å². The molecular weight excluding hydrogens is 310 g/mol. The Morgan fingerprint density at radius 3 is 2.67 bits per heavy atom. The Kier molecular flexibility index (Phi) is 4.70. The molecule has 21 heavy (non-hydrogen) atoms. The average Bonchev–Trinajstić information content (AvgIpc) is 2.93. The van der Waals surface area contributed by atoms with Crippen LogP contribution in [0.2, 0.25) is 0 Å². The third-order valence-electron chi connectivity index (χ3n) is 2.74. The van der Waals surface area contributed by atoms with Gasteiger partial charge in [0.2, 0.25) is 0 Å². The second kappa shape index (κ2) is 6.17. The number of hydrogen-bond acceptors (Lipinski definition) is 6. The summed E-state index contributed by atoms with van der Waals surface area (Å²) in [6.45, 7) is 8.03. The molecule has 2 rings (SSSR count). The van der Waals surface area contributed by atoms with Crippen LogP contribution in [0.1, 0.15) is 30.2 Å². The van der Waals surface area contributed by atoms with Gasteiger partial charge in [-0.1, -0.05) is 13.8 Å². The zero-order valence-corrected chi connectivity index (χ0v) is 14.1. The van der Waals surface area contributed by atoms with Crippen molar-refractivity contribution in [3.05, 3.63) is 28.7 Å². The smallest absolute Gasteiger partial charge is 0.267 e. The number of anilines is 1. The number of hydrogen-bond donors (Lipinski definition) is 2. The Morgan fingerprint density at radius 1 is 1.38 bits per heavy atom. The van der Waals surface area contributed by atoms with Crippen molar-refractivity contribution in [2.24, 2.45) is 0 Å². The number of rotatable bonds is 6. The van der Waals surface area contributed by atoms with Gasteiger partial charge in [-0.15, -0.1) is 11.3 Å². The zero-order chi connectivity index (χ0) is 15.6. The first-order valence-corrected chi connectivity index (χ1v) is 8.86. The fourth-order valence-electron chi connectivity index (χ4n) is 1.75. The standard InChI is InChI=1S/C13H19N3O3S2/c1-8(2)14-7-11-5-12(10(4)19-11)21(17,18)16-13-15-6-9(3)20-13/h5-6,8,14H,7H2,1-4H3,(H,15,16). The van der Waals surface area contributed by atoms with Gasteiger partial charge in [-0.2, -0.15) is 0 Å². The molecule has 0 radical (unpaired) electrons. The summed E-state index contributed by atoms with van der Waals surface area (Å²) in [6.07, 6.45) is 1.63. The van der Waals surface area contributed by atoms with Gasteiger partial charge in [0.1, 0.15) is 16.4 Å². The predicted octanol–water partition coefficient (Wildman–Crippen LogP) is 2.65. The number of aryl methyl sites for hydroxylation is 2. The van der Waals surface area contributed by atoms with E-state index in [-0.39, 0.29) is 4.90 Å². The van der Waals surface area contributed by atoms with Gasteiger partial charge in [0, 0.05) is 23.2 Å². The first-order valence-electron chi connectivity index (χ1n) is 6.56. The van der Waals surface area contributed by atoms with Crippen molar-refractivity contribution < 1.29 is 12.8 Å². The minimum absolute atomic E-state index is 0.149. The molecule has 0 aliphatic heterocycles. The summed E-state index contributed by atoms with van der Waals surface area (Å²) < 4.78 is 32.7. The summed E-state index contributed by atoms with van der Waals surface area (Å²) in [5, 5.41) is 3.54. The molecule has 2 N–H and O–H groups in total. The van der Waals surface area contributed by atoms with Crippen molar-refractivity contribution in [1.82, 2.24) is 10.3 Å². The summed E-state index contributed by atoms with van der Waals surface area (Å²) in [5.41, 5.74) is 0. The lowest BCUT2D eigenvalue weighted by Crippen LogP contribution is -2.21. The molecule has 0 saturated carbocycles. The van der Waals surface area contributed by atoms with Gasteiger partial charge >= 0.3 is 0 Å². The highest BCUT2D eigenvalue weighted by Crippen LogP contribution is 2.25.